The van der Waals surface area contributed by atoms with Crippen LogP contribution in [0.1, 0.15) is 0 Å². The van der Waals surface area contributed by atoms with Crippen LogP contribution >= 0.6 is 0 Å². The van der Waals surface area contributed by atoms with Crippen molar-refractivity contribution < 1.29 is 13.9 Å². The zero-order valence-electron chi connectivity index (χ0n) is 7.91. The molecule has 0 saturated carbocycles. The molecule has 14 heavy (non-hydrogen) atoms. The first-order valence-electron chi connectivity index (χ1n) is 4.49. The molecule has 0 fully saturated rings. The van der Waals surface area contributed by atoms with Crippen molar-refractivity contribution in [1.29, 1.82) is 0 Å². The first-order chi connectivity index (χ1) is 6.83. The Morgan fingerprint density at radius 2 is 2.07 bits per heavy atom. The highest BCUT2D eigenvalue weighted by atomic mass is 19.1. The van der Waals surface area contributed by atoms with Crippen molar-refractivity contribution in [2.75, 3.05) is 26.4 Å². The molecule has 0 amide bonds. The smallest absolute Gasteiger partial charge is 0.126 e. The average molecular weight is 199 g/mol. The van der Waals surface area contributed by atoms with Crippen molar-refractivity contribution in [3.05, 3.63) is 30.1 Å². The molecule has 0 spiro atoms. The molecule has 1 aromatic carbocycles. The molecule has 0 unspecified atom stereocenters. The van der Waals surface area contributed by atoms with Crippen LogP contribution in [-0.2, 0) is 4.74 Å². The highest BCUT2D eigenvalue weighted by Gasteiger charge is 1.95. The molecule has 0 aliphatic rings. The summed E-state index contributed by atoms with van der Waals surface area (Å²) >= 11 is 0. The minimum Gasteiger partial charge on any atom is -0.491 e. The second kappa shape index (κ2) is 6.34. The molecule has 78 valence electrons. The van der Waals surface area contributed by atoms with Gasteiger partial charge in [-0.1, -0.05) is 6.07 Å². The zero-order valence-corrected chi connectivity index (χ0v) is 7.91. The van der Waals surface area contributed by atoms with Crippen LogP contribution in [0.2, 0.25) is 0 Å². The molecule has 4 heteroatoms. The molecule has 2 N–H and O–H groups in total. The van der Waals surface area contributed by atoms with E-state index in [9.17, 15) is 4.39 Å². The maximum atomic E-state index is 12.7. The molecule has 0 aromatic heterocycles. The van der Waals surface area contributed by atoms with Gasteiger partial charge in [0.05, 0.1) is 13.2 Å². The Morgan fingerprint density at radius 1 is 1.21 bits per heavy atom. The van der Waals surface area contributed by atoms with E-state index in [1.807, 2.05) is 0 Å². The number of ether oxygens (including phenoxy) is 2. The lowest BCUT2D eigenvalue weighted by atomic mass is 10.3. The van der Waals surface area contributed by atoms with Gasteiger partial charge in [-0.05, 0) is 12.1 Å². The Labute approximate surface area is 82.6 Å². The minimum absolute atomic E-state index is 0.301. The fourth-order valence-electron chi connectivity index (χ4n) is 0.961. The summed E-state index contributed by atoms with van der Waals surface area (Å²) in [5, 5.41) is 0. The highest BCUT2D eigenvalue weighted by Crippen LogP contribution is 2.11. The monoisotopic (exact) mass is 199 g/mol. The molecule has 0 saturated heterocycles. The van der Waals surface area contributed by atoms with Crippen LogP contribution in [0.25, 0.3) is 0 Å². The Kier molecular flexibility index (Phi) is 4.96. The van der Waals surface area contributed by atoms with Gasteiger partial charge in [-0.15, -0.1) is 0 Å². The highest BCUT2D eigenvalue weighted by molar-refractivity contribution is 5.22. The standard InChI is InChI=1S/C10H14FNO2/c11-9-2-1-3-10(8-9)14-7-6-13-5-4-12/h1-3,8H,4-7,12H2. The van der Waals surface area contributed by atoms with Crippen LogP contribution in [0.3, 0.4) is 0 Å². The van der Waals surface area contributed by atoms with Crippen LogP contribution < -0.4 is 10.5 Å². The summed E-state index contributed by atoms with van der Waals surface area (Å²) in [5.74, 6) is 0.215. The first kappa shape index (κ1) is 10.9. The van der Waals surface area contributed by atoms with E-state index in [2.05, 4.69) is 0 Å². The lowest BCUT2D eigenvalue weighted by Gasteiger charge is -2.06. The van der Waals surface area contributed by atoms with E-state index >= 15 is 0 Å². The van der Waals surface area contributed by atoms with Crippen molar-refractivity contribution >= 4 is 0 Å². The largest absolute Gasteiger partial charge is 0.491 e. The van der Waals surface area contributed by atoms with E-state index in [0.29, 0.717) is 32.1 Å². The normalized spacial score (nSPS) is 10.1. The Morgan fingerprint density at radius 3 is 2.79 bits per heavy atom. The maximum Gasteiger partial charge on any atom is 0.126 e. The number of hydrogen-bond acceptors (Lipinski definition) is 3. The Balaban J connectivity index is 2.18. The maximum absolute atomic E-state index is 12.7. The van der Waals surface area contributed by atoms with Crippen LogP contribution in [0, 0.1) is 5.82 Å². The Hall–Kier alpha value is -1.13. The van der Waals surface area contributed by atoms with Crippen LogP contribution in [0.5, 0.6) is 5.75 Å². The predicted octanol–water partition coefficient (Wildman–Crippen LogP) is 1.18. The molecule has 0 radical (unpaired) electrons. The molecule has 3 nitrogen and oxygen atoms in total. The molecule has 0 heterocycles. The fourth-order valence-corrected chi connectivity index (χ4v) is 0.961. The number of hydrogen-bond donors (Lipinski definition) is 1. The van der Waals surface area contributed by atoms with E-state index in [0.717, 1.165) is 0 Å². The van der Waals surface area contributed by atoms with Gasteiger partial charge in [0.25, 0.3) is 0 Å². The van der Waals surface area contributed by atoms with Gasteiger partial charge in [0, 0.05) is 12.6 Å². The molecule has 1 aromatic rings. The van der Waals surface area contributed by atoms with Crippen LogP contribution in [0.4, 0.5) is 4.39 Å². The quantitative estimate of drug-likeness (QED) is 0.700. The summed E-state index contributed by atoms with van der Waals surface area (Å²) < 4.78 is 23.0. The summed E-state index contributed by atoms with van der Waals surface area (Å²) in [7, 11) is 0. The number of benzene rings is 1. The summed E-state index contributed by atoms with van der Waals surface area (Å²) in [5.41, 5.74) is 5.23. The molecule has 0 aliphatic heterocycles. The fraction of sp³-hybridized carbons (Fsp3) is 0.400. The van der Waals surface area contributed by atoms with Gasteiger partial charge < -0.3 is 15.2 Å². The minimum atomic E-state index is -0.301. The SMILES string of the molecule is NCCOCCOc1cccc(F)c1. The van der Waals surface area contributed by atoms with Crippen molar-refractivity contribution in [3.8, 4) is 5.75 Å². The third kappa shape index (κ3) is 4.20. The molecule has 1 rings (SSSR count). The molecule has 0 atom stereocenters. The first-order valence-corrected chi connectivity index (χ1v) is 4.49. The van der Waals surface area contributed by atoms with E-state index in [1.54, 1.807) is 12.1 Å². The number of halogens is 1. The van der Waals surface area contributed by atoms with Crippen molar-refractivity contribution in [3.63, 3.8) is 0 Å². The average Bonchev–Trinajstić information content (AvgIpc) is 2.18. The number of nitrogens with two attached hydrogens (primary N) is 1. The third-order valence-corrected chi connectivity index (χ3v) is 1.55. The van der Waals surface area contributed by atoms with Gasteiger partial charge in [0.2, 0.25) is 0 Å². The summed E-state index contributed by atoms with van der Waals surface area (Å²) in [6, 6.07) is 6.01. The van der Waals surface area contributed by atoms with Gasteiger partial charge in [0.1, 0.15) is 18.2 Å². The molecule has 0 bridgehead atoms. The van der Waals surface area contributed by atoms with Gasteiger partial charge in [-0.3, -0.25) is 0 Å². The van der Waals surface area contributed by atoms with E-state index in [-0.39, 0.29) is 5.82 Å². The van der Waals surface area contributed by atoms with Gasteiger partial charge in [-0.2, -0.15) is 0 Å². The second-order valence-corrected chi connectivity index (χ2v) is 2.71. The zero-order chi connectivity index (χ0) is 10.2. The van der Waals surface area contributed by atoms with Gasteiger partial charge in [0.15, 0.2) is 0 Å². The van der Waals surface area contributed by atoms with Gasteiger partial charge in [-0.25, -0.2) is 4.39 Å². The summed E-state index contributed by atoms with van der Waals surface area (Å²) in [6.45, 7) is 1.89. The topological polar surface area (TPSA) is 44.5 Å². The summed E-state index contributed by atoms with van der Waals surface area (Å²) in [4.78, 5) is 0. The van der Waals surface area contributed by atoms with E-state index in [4.69, 9.17) is 15.2 Å². The van der Waals surface area contributed by atoms with Gasteiger partial charge >= 0.3 is 0 Å². The molecule has 0 aliphatic carbocycles. The summed E-state index contributed by atoms with van der Waals surface area (Å²) in [6.07, 6.45) is 0. The molecular formula is C10H14FNO2. The van der Waals surface area contributed by atoms with Crippen LogP contribution in [0.15, 0.2) is 24.3 Å². The number of rotatable bonds is 6. The lowest BCUT2D eigenvalue weighted by molar-refractivity contribution is 0.106. The van der Waals surface area contributed by atoms with Crippen molar-refractivity contribution in [2.45, 2.75) is 0 Å². The van der Waals surface area contributed by atoms with Crippen LogP contribution in [-0.4, -0.2) is 26.4 Å². The van der Waals surface area contributed by atoms with E-state index in [1.165, 1.54) is 12.1 Å². The van der Waals surface area contributed by atoms with Crippen molar-refractivity contribution in [1.82, 2.24) is 0 Å². The Bertz CT molecular complexity index is 268. The second-order valence-electron chi connectivity index (χ2n) is 2.71. The lowest BCUT2D eigenvalue weighted by Crippen LogP contribution is -2.13. The predicted molar refractivity (Wildman–Crippen MR) is 51.8 cm³/mol. The molecular weight excluding hydrogens is 185 g/mol. The third-order valence-electron chi connectivity index (χ3n) is 1.55. The van der Waals surface area contributed by atoms with Crippen molar-refractivity contribution in [2.24, 2.45) is 5.73 Å². The van der Waals surface area contributed by atoms with E-state index < -0.39 is 0 Å².